The number of fused-ring (bicyclic) bond motifs is 2. The van der Waals surface area contributed by atoms with Crippen LogP contribution < -0.4 is 10.1 Å². The summed E-state index contributed by atoms with van der Waals surface area (Å²) in [5, 5.41) is 3.81. The van der Waals surface area contributed by atoms with Crippen molar-refractivity contribution in [1.29, 1.82) is 0 Å². The number of hydrogen-bond acceptors (Lipinski definition) is 3. The highest BCUT2D eigenvalue weighted by Gasteiger charge is 2.32. The first-order valence-electron chi connectivity index (χ1n) is 8.39. The van der Waals surface area contributed by atoms with Gasteiger partial charge in [-0.1, -0.05) is 29.8 Å². The minimum atomic E-state index is -0.159. The van der Waals surface area contributed by atoms with E-state index in [2.05, 4.69) is 16.4 Å². The van der Waals surface area contributed by atoms with Gasteiger partial charge in [-0.25, -0.2) is 0 Å². The smallest absolute Gasteiger partial charge is 0.229 e. The molecule has 4 nitrogen and oxygen atoms in total. The second-order valence-electron chi connectivity index (χ2n) is 6.35. The Morgan fingerprint density at radius 1 is 1.25 bits per heavy atom. The van der Waals surface area contributed by atoms with Crippen molar-refractivity contribution in [3.05, 3.63) is 58.4 Å². The Morgan fingerprint density at radius 2 is 2.17 bits per heavy atom. The second-order valence-corrected chi connectivity index (χ2v) is 6.76. The largest absolute Gasteiger partial charge is 0.492 e. The predicted molar refractivity (Wildman–Crippen MR) is 92.4 cm³/mol. The van der Waals surface area contributed by atoms with Crippen LogP contribution in [0.1, 0.15) is 48.0 Å². The lowest BCUT2D eigenvalue weighted by Crippen LogP contribution is -2.32. The molecule has 24 heavy (non-hydrogen) atoms. The molecule has 2 heterocycles. The molecule has 1 aliphatic carbocycles. The van der Waals surface area contributed by atoms with E-state index in [0.717, 1.165) is 36.9 Å². The van der Waals surface area contributed by atoms with Gasteiger partial charge in [0, 0.05) is 11.8 Å². The number of nitrogens with zero attached hydrogens (tertiary/aromatic N) is 1. The van der Waals surface area contributed by atoms with Gasteiger partial charge in [-0.05, 0) is 43.4 Å². The number of rotatable bonds is 2. The molecule has 0 bridgehead atoms. The maximum absolute atomic E-state index is 12.9. The molecule has 2 aliphatic rings. The first-order valence-corrected chi connectivity index (χ1v) is 8.77. The van der Waals surface area contributed by atoms with Gasteiger partial charge in [0.05, 0.1) is 29.3 Å². The fourth-order valence-electron chi connectivity index (χ4n) is 3.66. The van der Waals surface area contributed by atoms with Crippen LogP contribution >= 0.6 is 11.6 Å². The maximum atomic E-state index is 12.9. The third kappa shape index (κ3) is 2.75. The first-order chi connectivity index (χ1) is 11.7. The molecule has 1 aliphatic heterocycles. The molecule has 0 saturated carbocycles. The number of hydrogen-bond donors (Lipinski definition) is 1. The van der Waals surface area contributed by atoms with E-state index in [-0.39, 0.29) is 17.9 Å². The van der Waals surface area contributed by atoms with Crippen molar-refractivity contribution in [3.8, 4) is 5.75 Å². The molecule has 0 spiro atoms. The van der Waals surface area contributed by atoms with E-state index in [0.29, 0.717) is 17.4 Å². The fraction of sp³-hybridized carbons (Fsp3) is 0.368. The molecule has 1 aromatic heterocycles. The number of nitrogens with one attached hydrogen (secondary N) is 1. The minimum absolute atomic E-state index is 0.0466. The third-order valence-electron chi connectivity index (χ3n) is 4.85. The second kappa shape index (κ2) is 6.44. The van der Waals surface area contributed by atoms with Gasteiger partial charge in [0.1, 0.15) is 5.75 Å². The number of aromatic nitrogens is 1. The summed E-state index contributed by atoms with van der Waals surface area (Å²) in [6, 6.07) is 9.63. The van der Waals surface area contributed by atoms with Gasteiger partial charge in [-0.2, -0.15) is 0 Å². The molecule has 2 unspecified atom stereocenters. The Bertz CT molecular complexity index is 778. The van der Waals surface area contributed by atoms with Crippen molar-refractivity contribution in [2.24, 2.45) is 0 Å². The lowest BCUT2D eigenvalue weighted by molar-refractivity contribution is -0.123. The predicted octanol–water partition coefficient (Wildman–Crippen LogP) is 3.79. The van der Waals surface area contributed by atoms with Crippen molar-refractivity contribution in [1.82, 2.24) is 10.3 Å². The molecular weight excluding hydrogens is 324 g/mol. The number of aryl methyl sites for hydroxylation is 1. The van der Waals surface area contributed by atoms with E-state index < -0.39 is 0 Å². The third-order valence-corrected chi connectivity index (χ3v) is 5.15. The van der Waals surface area contributed by atoms with E-state index in [1.54, 1.807) is 6.20 Å². The molecule has 1 aromatic carbocycles. The highest BCUT2D eigenvalue weighted by molar-refractivity contribution is 6.32. The van der Waals surface area contributed by atoms with Crippen molar-refractivity contribution in [2.45, 2.75) is 37.6 Å². The number of carbonyl (C=O) groups excluding carboxylic acids is 1. The molecule has 2 atom stereocenters. The monoisotopic (exact) mass is 342 g/mol. The Balaban J connectivity index is 1.58. The van der Waals surface area contributed by atoms with Crippen LogP contribution in [0.3, 0.4) is 0 Å². The molecule has 1 amide bonds. The van der Waals surface area contributed by atoms with E-state index in [9.17, 15) is 4.79 Å². The summed E-state index contributed by atoms with van der Waals surface area (Å²) < 4.78 is 5.78. The summed E-state index contributed by atoms with van der Waals surface area (Å²) in [5.74, 6) is 0.588. The molecule has 0 fully saturated rings. The summed E-state index contributed by atoms with van der Waals surface area (Å²) in [6.07, 6.45) is 5.23. The molecule has 124 valence electrons. The number of ether oxygens (including phenoxy) is 1. The van der Waals surface area contributed by atoms with E-state index in [1.807, 2.05) is 24.3 Å². The molecule has 4 rings (SSSR count). The van der Waals surface area contributed by atoms with Crippen molar-refractivity contribution >= 4 is 17.5 Å². The van der Waals surface area contributed by atoms with Gasteiger partial charge in [0.25, 0.3) is 0 Å². The molecule has 0 radical (unpaired) electrons. The highest BCUT2D eigenvalue weighted by Crippen LogP contribution is 2.38. The van der Waals surface area contributed by atoms with Crippen LogP contribution in [0.4, 0.5) is 0 Å². The number of halogens is 1. The molecule has 0 saturated heterocycles. The summed E-state index contributed by atoms with van der Waals surface area (Å²) in [4.78, 5) is 17.3. The molecule has 5 heteroatoms. The van der Waals surface area contributed by atoms with Gasteiger partial charge in [-0.3, -0.25) is 9.78 Å². The topological polar surface area (TPSA) is 51.2 Å². The number of pyridine rings is 1. The van der Waals surface area contributed by atoms with E-state index in [4.69, 9.17) is 16.3 Å². The SMILES string of the molecule is O=C(NC1CCCOc2c(Cl)cccc21)C1CCc2cccnc21. The lowest BCUT2D eigenvalue weighted by atomic mass is 9.99. The van der Waals surface area contributed by atoms with E-state index in [1.165, 1.54) is 5.56 Å². The zero-order chi connectivity index (χ0) is 16.5. The average Bonchev–Trinajstić information content (AvgIpc) is 2.92. The Hall–Kier alpha value is -2.07. The Labute approximate surface area is 146 Å². The summed E-state index contributed by atoms with van der Waals surface area (Å²) in [5.41, 5.74) is 3.07. The van der Waals surface area contributed by atoms with Gasteiger partial charge >= 0.3 is 0 Å². The molecule has 2 aromatic rings. The number of carbonyl (C=O) groups is 1. The van der Waals surface area contributed by atoms with Crippen LogP contribution in [-0.2, 0) is 11.2 Å². The Kier molecular flexibility index (Phi) is 4.15. The minimum Gasteiger partial charge on any atom is -0.492 e. The van der Waals surface area contributed by atoms with Crippen LogP contribution in [-0.4, -0.2) is 17.5 Å². The summed E-state index contributed by atoms with van der Waals surface area (Å²) in [7, 11) is 0. The van der Waals surface area contributed by atoms with Crippen LogP contribution in [0.5, 0.6) is 5.75 Å². The zero-order valence-electron chi connectivity index (χ0n) is 13.3. The van der Waals surface area contributed by atoms with Crippen LogP contribution in [0.15, 0.2) is 36.5 Å². The van der Waals surface area contributed by atoms with Crippen LogP contribution in [0.2, 0.25) is 5.02 Å². The number of amides is 1. The first kappa shape index (κ1) is 15.5. The average molecular weight is 343 g/mol. The quantitative estimate of drug-likeness (QED) is 0.903. The lowest BCUT2D eigenvalue weighted by Gasteiger charge is -2.21. The highest BCUT2D eigenvalue weighted by atomic mass is 35.5. The van der Waals surface area contributed by atoms with Crippen molar-refractivity contribution in [2.75, 3.05) is 6.61 Å². The fourth-order valence-corrected chi connectivity index (χ4v) is 3.90. The van der Waals surface area contributed by atoms with E-state index >= 15 is 0 Å². The zero-order valence-corrected chi connectivity index (χ0v) is 14.1. The summed E-state index contributed by atoms with van der Waals surface area (Å²) in [6.45, 7) is 0.622. The maximum Gasteiger partial charge on any atom is 0.229 e. The van der Waals surface area contributed by atoms with Gasteiger partial charge < -0.3 is 10.1 Å². The Morgan fingerprint density at radius 3 is 3.08 bits per heavy atom. The van der Waals surface area contributed by atoms with Crippen LogP contribution in [0, 0.1) is 0 Å². The standard InChI is InChI=1S/C19H19ClN2O2/c20-15-6-1-5-13-16(7-3-11-24-18(13)15)22-19(23)14-9-8-12-4-2-10-21-17(12)14/h1-2,4-6,10,14,16H,3,7-9,11H2,(H,22,23). The number of para-hydroxylation sites is 1. The van der Waals surface area contributed by atoms with Gasteiger partial charge in [-0.15, -0.1) is 0 Å². The van der Waals surface area contributed by atoms with Gasteiger partial charge in [0.2, 0.25) is 5.91 Å². The van der Waals surface area contributed by atoms with Crippen molar-refractivity contribution < 1.29 is 9.53 Å². The van der Waals surface area contributed by atoms with Gasteiger partial charge in [0.15, 0.2) is 0 Å². The van der Waals surface area contributed by atoms with Crippen LogP contribution in [0.25, 0.3) is 0 Å². The normalized spacial score (nSPS) is 22.0. The molecule has 1 N–H and O–H groups in total. The number of benzene rings is 1. The van der Waals surface area contributed by atoms with Crippen molar-refractivity contribution in [3.63, 3.8) is 0 Å². The molecular formula is C19H19ClN2O2. The summed E-state index contributed by atoms with van der Waals surface area (Å²) >= 11 is 6.26.